The third-order valence-electron chi connectivity index (χ3n) is 2.51. The Hall–Kier alpha value is -2.02. The van der Waals surface area contributed by atoms with Gasteiger partial charge in [0.1, 0.15) is 11.8 Å². The molecule has 0 aliphatic carbocycles. The highest BCUT2D eigenvalue weighted by atomic mass is 16.5. The van der Waals surface area contributed by atoms with E-state index >= 15 is 0 Å². The number of nitrogens with one attached hydrogen (secondary N) is 1. The Labute approximate surface area is 108 Å². The molecule has 1 aromatic carbocycles. The first-order chi connectivity index (χ1) is 8.38. The third kappa shape index (κ3) is 3.49. The first kappa shape index (κ1) is 14.0. The molecule has 0 saturated heterocycles. The molecule has 1 N–H and O–H groups in total. The van der Waals surface area contributed by atoms with E-state index in [1.54, 1.807) is 31.4 Å². The molecule has 1 unspecified atom stereocenters. The maximum atomic E-state index is 11.9. The van der Waals surface area contributed by atoms with Gasteiger partial charge in [0.25, 0.3) is 0 Å². The number of carbonyl (C=O) groups excluding carboxylic acids is 1. The lowest BCUT2D eigenvalue weighted by molar-refractivity contribution is -0.128. The molecule has 1 amide bonds. The molecule has 4 nitrogen and oxygen atoms in total. The molecule has 18 heavy (non-hydrogen) atoms. The summed E-state index contributed by atoms with van der Waals surface area (Å²) in [6, 6.07) is 8.55. The van der Waals surface area contributed by atoms with Gasteiger partial charge in [-0.3, -0.25) is 4.79 Å². The van der Waals surface area contributed by atoms with E-state index in [1.807, 2.05) is 20.8 Å². The van der Waals surface area contributed by atoms with E-state index < -0.39 is 11.5 Å². The molecule has 0 heterocycles. The summed E-state index contributed by atoms with van der Waals surface area (Å²) in [5.41, 5.74) is 0.197. The molecule has 1 aromatic rings. The van der Waals surface area contributed by atoms with Crippen LogP contribution in [-0.2, 0) is 4.79 Å². The monoisotopic (exact) mass is 246 g/mol. The van der Waals surface area contributed by atoms with Gasteiger partial charge in [-0.05, 0) is 17.7 Å². The highest BCUT2D eigenvalue weighted by molar-refractivity contribution is 5.82. The Morgan fingerprint density at radius 1 is 1.44 bits per heavy atom. The van der Waals surface area contributed by atoms with Crippen LogP contribution in [0.4, 0.5) is 0 Å². The van der Waals surface area contributed by atoms with Crippen molar-refractivity contribution in [2.24, 2.45) is 5.41 Å². The van der Waals surface area contributed by atoms with Crippen LogP contribution in [0, 0.1) is 16.7 Å². The van der Waals surface area contributed by atoms with Gasteiger partial charge in [-0.25, -0.2) is 0 Å². The van der Waals surface area contributed by atoms with E-state index in [2.05, 4.69) is 11.4 Å². The van der Waals surface area contributed by atoms with Gasteiger partial charge in [0, 0.05) is 5.41 Å². The maximum Gasteiger partial charge on any atom is 0.226 e. The molecular weight excluding hydrogens is 228 g/mol. The van der Waals surface area contributed by atoms with Crippen LogP contribution < -0.4 is 10.1 Å². The molecular formula is C14H18N2O2. The molecule has 96 valence electrons. The van der Waals surface area contributed by atoms with Crippen LogP contribution in [0.15, 0.2) is 24.3 Å². The highest BCUT2D eigenvalue weighted by Gasteiger charge is 2.24. The van der Waals surface area contributed by atoms with Crippen molar-refractivity contribution < 1.29 is 9.53 Å². The minimum absolute atomic E-state index is 0.156. The van der Waals surface area contributed by atoms with Gasteiger partial charge in [0.05, 0.1) is 13.2 Å². The average Bonchev–Trinajstić information content (AvgIpc) is 2.34. The van der Waals surface area contributed by atoms with Gasteiger partial charge in [-0.1, -0.05) is 32.9 Å². The van der Waals surface area contributed by atoms with Gasteiger partial charge in [-0.2, -0.15) is 5.26 Å². The third-order valence-corrected chi connectivity index (χ3v) is 2.51. The van der Waals surface area contributed by atoms with Crippen LogP contribution >= 0.6 is 0 Å². The smallest absolute Gasteiger partial charge is 0.226 e. The van der Waals surface area contributed by atoms with Gasteiger partial charge in [0.15, 0.2) is 0 Å². The Bertz CT molecular complexity index is 469. The molecule has 4 heteroatoms. The summed E-state index contributed by atoms with van der Waals surface area (Å²) in [7, 11) is 1.56. The number of nitriles is 1. The van der Waals surface area contributed by atoms with Crippen molar-refractivity contribution in [1.29, 1.82) is 5.26 Å². The Balaban J connectivity index is 2.91. The zero-order chi connectivity index (χ0) is 13.8. The first-order valence-electron chi connectivity index (χ1n) is 5.73. The van der Waals surface area contributed by atoms with E-state index in [9.17, 15) is 4.79 Å². The van der Waals surface area contributed by atoms with Crippen molar-refractivity contribution in [3.63, 3.8) is 0 Å². The lowest BCUT2D eigenvalue weighted by atomic mass is 9.94. The summed E-state index contributed by atoms with van der Waals surface area (Å²) in [6.07, 6.45) is 0. The Morgan fingerprint density at radius 2 is 2.11 bits per heavy atom. The zero-order valence-corrected chi connectivity index (χ0v) is 11.2. The summed E-state index contributed by atoms with van der Waals surface area (Å²) >= 11 is 0. The number of carbonyl (C=O) groups is 1. The molecule has 0 aromatic heterocycles. The van der Waals surface area contributed by atoms with E-state index in [0.717, 1.165) is 5.56 Å². The van der Waals surface area contributed by atoms with Crippen molar-refractivity contribution in [2.75, 3.05) is 7.11 Å². The van der Waals surface area contributed by atoms with E-state index in [4.69, 9.17) is 10.00 Å². The van der Waals surface area contributed by atoms with Crippen LogP contribution in [0.5, 0.6) is 5.75 Å². The highest BCUT2D eigenvalue weighted by Crippen LogP contribution is 2.21. The average molecular weight is 246 g/mol. The van der Waals surface area contributed by atoms with Crippen LogP contribution in [0.2, 0.25) is 0 Å². The number of benzene rings is 1. The van der Waals surface area contributed by atoms with Crippen LogP contribution in [0.3, 0.4) is 0 Å². The molecule has 1 atom stereocenters. The van der Waals surface area contributed by atoms with Gasteiger partial charge >= 0.3 is 0 Å². The second kappa shape index (κ2) is 5.54. The largest absolute Gasteiger partial charge is 0.497 e. The molecule has 0 aliphatic rings. The predicted molar refractivity (Wildman–Crippen MR) is 68.9 cm³/mol. The molecule has 0 aliphatic heterocycles. The first-order valence-corrected chi connectivity index (χ1v) is 5.73. The van der Waals surface area contributed by atoms with Gasteiger partial charge in [-0.15, -0.1) is 0 Å². The normalized spacial score (nSPS) is 12.4. The van der Waals surface area contributed by atoms with Crippen molar-refractivity contribution in [3.05, 3.63) is 29.8 Å². The Morgan fingerprint density at radius 3 is 2.61 bits per heavy atom. The van der Waals surface area contributed by atoms with E-state index in [0.29, 0.717) is 5.75 Å². The maximum absolute atomic E-state index is 11.9. The van der Waals surface area contributed by atoms with E-state index in [1.165, 1.54) is 0 Å². The fraction of sp³-hybridized carbons (Fsp3) is 0.429. The zero-order valence-electron chi connectivity index (χ0n) is 11.2. The SMILES string of the molecule is COc1cccc(C(C#N)NC(=O)C(C)(C)C)c1. The number of rotatable bonds is 3. The van der Waals surface area contributed by atoms with Crippen LogP contribution in [0.1, 0.15) is 32.4 Å². The second-order valence-corrected chi connectivity index (χ2v) is 5.06. The summed E-state index contributed by atoms with van der Waals surface area (Å²) in [5, 5.41) is 11.9. The lowest BCUT2D eigenvalue weighted by Gasteiger charge is -2.20. The molecule has 0 radical (unpaired) electrons. The van der Waals surface area contributed by atoms with E-state index in [-0.39, 0.29) is 5.91 Å². The molecule has 0 bridgehead atoms. The van der Waals surface area contributed by atoms with Crippen molar-refractivity contribution in [2.45, 2.75) is 26.8 Å². The number of hydrogen-bond donors (Lipinski definition) is 1. The number of ether oxygens (including phenoxy) is 1. The molecule has 0 saturated carbocycles. The summed E-state index contributed by atoms with van der Waals surface area (Å²) < 4.78 is 5.10. The summed E-state index contributed by atoms with van der Waals surface area (Å²) in [5.74, 6) is 0.509. The van der Waals surface area contributed by atoms with Gasteiger partial charge < -0.3 is 10.1 Å². The topological polar surface area (TPSA) is 62.1 Å². The van der Waals surface area contributed by atoms with Gasteiger partial charge in [0.2, 0.25) is 5.91 Å². The number of nitrogens with zero attached hydrogens (tertiary/aromatic N) is 1. The quantitative estimate of drug-likeness (QED) is 0.890. The predicted octanol–water partition coefficient (Wildman–Crippen LogP) is 2.42. The lowest BCUT2D eigenvalue weighted by Crippen LogP contribution is -2.36. The summed E-state index contributed by atoms with van der Waals surface area (Å²) in [4.78, 5) is 11.9. The molecule has 1 rings (SSSR count). The second-order valence-electron chi connectivity index (χ2n) is 5.06. The van der Waals surface area contributed by atoms with Crippen molar-refractivity contribution in [1.82, 2.24) is 5.32 Å². The van der Waals surface area contributed by atoms with Crippen molar-refractivity contribution in [3.8, 4) is 11.8 Å². The Kier molecular flexibility index (Phi) is 4.33. The van der Waals surface area contributed by atoms with Crippen molar-refractivity contribution >= 4 is 5.91 Å². The standard InChI is InChI=1S/C14H18N2O2/c1-14(2,3)13(17)16-12(9-15)10-6-5-7-11(8-10)18-4/h5-8,12H,1-4H3,(H,16,17). The minimum Gasteiger partial charge on any atom is -0.497 e. The minimum atomic E-state index is -0.660. The fourth-order valence-electron chi connectivity index (χ4n) is 1.36. The number of methoxy groups -OCH3 is 1. The van der Waals surface area contributed by atoms with Crippen LogP contribution in [-0.4, -0.2) is 13.0 Å². The molecule has 0 spiro atoms. The molecule has 0 fully saturated rings. The number of amides is 1. The summed E-state index contributed by atoms with van der Waals surface area (Å²) in [6.45, 7) is 5.42. The fourth-order valence-corrected chi connectivity index (χ4v) is 1.36. The number of hydrogen-bond acceptors (Lipinski definition) is 3. The van der Waals surface area contributed by atoms with Crippen LogP contribution in [0.25, 0.3) is 0 Å².